The van der Waals surface area contributed by atoms with E-state index in [0.717, 1.165) is 109 Å². The van der Waals surface area contributed by atoms with Gasteiger partial charge >= 0.3 is 0 Å². The Kier molecular flexibility index (Phi) is 11.4. The van der Waals surface area contributed by atoms with Crippen molar-refractivity contribution >= 4 is 88.8 Å². The zero-order chi connectivity index (χ0) is 49.8. The molecule has 10 aromatic rings. The van der Waals surface area contributed by atoms with Crippen LogP contribution in [0.1, 0.15) is 78.4 Å². The van der Waals surface area contributed by atoms with Crippen LogP contribution in [-0.4, -0.2) is 0 Å². The van der Waals surface area contributed by atoms with E-state index in [1.54, 1.807) is 0 Å². The minimum atomic E-state index is 0.140. The molecule has 3 heteroatoms. The molecule has 1 aromatic heterocycles. The topological polar surface area (TPSA) is 19.6 Å². The molecule has 9 aromatic carbocycles. The summed E-state index contributed by atoms with van der Waals surface area (Å²) in [5, 5.41) is 6.08. The highest BCUT2D eigenvalue weighted by molar-refractivity contribution is 6.13. The van der Waals surface area contributed by atoms with Gasteiger partial charge in [0, 0.05) is 44.0 Å². The molecular formula is C70H58N2O. The first-order valence-electron chi connectivity index (χ1n) is 25.7. The molecule has 2 aliphatic rings. The summed E-state index contributed by atoms with van der Waals surface area (Å²) in [5.74, 6) is 0. The van der Waals surface area contributed by atoms with Gasteiger partial charge in [-0.15, -0.1) is 0 Å². The van der Waals surface area contributed by atoms with Gasteiger partial charge in [0.05, 0.1) is 22.7 Å². The van der Waals surface area contributed by atoms with Gasteiger partial charge in [-0.25, -0.2) is 0 Å². The first kappa shape index (κ1) is 45.6. The lowest BCUT2D eigenvalue weighted by atomic mass is 9.79. The van der Waals surface area contributed by atoms with E-state index >= 15 is 0 Å². The quantitative estimate of drug-likeness (QED) is 0.144. The molecule has 0 amide bonds. The van der Waals surface area contributed by atoms with Gasteiger partial charge < -0.3 is 14.2 Å². The predicted molar refractivity (Wildman–Crippen MR) is 308 cm³/mol. The van der Waals surface area contributed by atoms with Crippen LogP contribution in [0.5, 0.6) is 0 Å². The monoisotopic (exact) mass is 942 g/mol. The van der Waals surface area contributed by atoms with E-state index < -0.39 is 0 Å². The van der Waals surface area contributed by atoms with Crippen LogP contribution in [0.3, 0.4) is 0 Å². The van der Waals surface area contributed by atoms with E-state index in [1.807, 2.05) is 0 Å². The standard InChI is InChI=1S/C70H58N2O/c1-69(2,3)55-34-28-48(29-35-55)61-24-13-15-26-65(61)71(57-21-11-8-12-22-57)59-38-32-51-43-63-64-44-52-33-39-60(42-54(52)46-68(64)73-67(63)45-53(51)41-59)72(58-23-17-20-50(40-58)47-18-9-7-10-19-47)66-27-16-14-25-62(66)49-30-36-56(37-31-49)70(4,5)6/h7-28,30,34,36,40-46H,29,31,35,37H2,1-6H3. The van der Waals surface area contributed by atoms with Crippen LogP contribution in [0.15, 0.2) is 210 Å². The number of benzene rings is 7. The van der Waals surface area contributed by atoms with Crippen LogP contribution in [0.4, 0.5) is 34.1 Å². The smallest absolute Gasteiger partial charge is 0.136 e. The molecule has 0 aliphatic heterocycles. The molecule has 0 spiro atoms. The minimum Gasteiger partial charge on any atom is -0.456 e. The summed E-state index contributed by atoms with van der Waals surface area (Å²) in [6.45, 7) is 13.8. The summed E-state index contributed by atoms with van der Waals surface area (Å²) in [7, 11) is 0. The molecule has 0 saturated heterocycles. The van der Waals surface area contributed by atoms with Crippen LogP contribution in [0, 0.1) is 35.1 Å². The maximum atomic E-state index is 6.83. The van der Waals surface area contributed by atoms with Crippen molar-refractivity contribution in [1.82, 2.24) is 0 Å². The Morgan fingerprint density at radius 1 is 0.397 bits per heavy atom. The van der Waals surface area contributed by atoms with Crippen molar-refractivity contribution in [1.29, 1.82) is 0 Å². The second-order valence-corrected chi connectivity index (χ2v) is 21.8. The van der Waals surface area contributed by atoms with E-state index in [1.165, 1.54) is 39.0 Å². The van der Waals surface area contributed by atoms with Gasteiger partial charge in [-0.05, 0) is 154 Å². The fourth-order valence-corrected chi connectivity index (χ4v) is 10.9. The largest absolute Gasteiger partial charge is 0.456 e. The molecule has 0 N–H and O–H groups in total. The van der Waals surface area contributed by atoms with Crippen LogP contribution >= 0.6 is 0 Å². The summed E-state index contributed by atoms with van der Waals surface area (Å²) in [4.78, 5) is 4.67. The van der Waals surface area contributed by atoms with Gasteiger partial charge in [0.2, 0.25) is 0 Å². The van der Waals surface area contributed by atoms with E-state index in [9.17, 15) is 0 Å². The van der Waals surface area contributed by atoms with Gasteiger partial charge in [0.15, 0.2) is 0 Å². The van der Waals surface area contributed by atoms with Crippen LogP contribution < -0.4 is 9.80 Å². The van der Waals surface area contributed by atoms with Crippen molar-refractivity contribution in [2.45, 2.75) is 67.2 Å². The molecule has 0 radical (unpaired) electrons. The van der Waals surface area contributed by atoms with Crippen LogP contribution in [0.25, 0.3) is 65.8 Å². The first-order valence-corrected chi connectivity index (χ1v) is 25.7. The van der Waals surface area contributed by atoms with E-state index in [2.05, 4.69) is 270 Å². The second-order valence-electron chi connectivity index (χ2n) is 21.8. The number of hydrogen-bond donors (Lipinski definition) is 0. The number of para-hydroxylation sites is 3. The van der Waals surface area contributed by atoms with Crippen molar-refractivity contribution in [3.63, 3.8) is 0 Å². The maximum Gasteiger partial charge on any atom is 0.136 e. The summed E-state index contributed by atoms with van der Waals surface area (Å²) >= 11 is 0. The van der Waals surface area contributed by atoms with Gasteiger partial charge in [-0.3, -0.25) is 0 Å². The van der Waals surface area contributed by atoms with Crippen molar-refractivity contribution in [2.75, 3.05) is 9.80 Å². The third-order valence-electron chi connectivity index (χ3n) is 15.0. The van der Waals surface area contributed by atoms with E-state index in [4.69, 9.17) is 4.42 Å². The number of rotatable bonds is 9. The average molecular weight is 943 g/mol. The number of allylic oxidation sites excluding steroid dienone is 8. The molecule has 73 heavy (non-hydrogen) atoms. The number of anilines is 6. The van der Waals surface area contributed by atoms with Gasteiger partial charge in [-0.2, -0.15) is 0 Å². The molecule has 2 aliphatic carbocycles. The molecule has 12 rings (SSSR count). The fraction of sp³-hybridized carbons (Fsp3) is 0.171. The van der Waals surface area contributed by atoms with Gasteiger partial charge in [-0.1, -0.05) is 186 Å². The molecule has 0 unspecified atom stereocenters. The Balaban J connectivity index is 0.954. The summed E-state index contributed by atoms with van der Waals surface area (Å²) in [5.41, 5.74) is 18.5. The molecule has 0 bridgehead atoms. The van der Waals surface area contributed by atoms with Crippen LogP contribution in [0.2, 0.25) is 0 Å². The van der Waals surface area contributed by atoms with Crippen LogP contribution in [-0.2, 0) is 0 Å². The molecular weight excluding hydrogens is 885 g/mol. The Morgan fingerprint density at radius 2 is 0.849 bits per heavy atom. The lowest BCUT2D eigenvalue weighted by molar-refractivity contribution is 0.482. The second kappa shape index (κ2) is 18.3. The normalized spacial score (nSPS) is 14.1. The Labute approximate surface area is 430 Å². The molecule has 1 heterocycles. The lowest BCUT2D eigenvalue weighted by Crippen LogP contribution is -2.14. The van der Waals surface area contributed by atoms with Crippen molar-refractivity contribution in [3.8, 4) is 11.1 Å². The van der Waals surface area contributed by atoms with Gasteiger partial charge in [0.25, 0.3) is 0 Å². The van der Waals surface area contributed by atoms with Crippen molar-refractivity contribution in [2.24, 2.45) is 10.8 Å². The Morgan fingerprint density at radius 3 is 1.34 bits per heavy atom. The number of fused-ring (bicyclic) bond motifs is 5. The first-order chi connectivity index (χ1) is 35.4. The average Bonchev–Trinajstić information content (AvgIpc) is 3.75. The highest BCUT2D eigenvalue weighted by Crippen LogP contribution is 2.46. The minimum absolute atomic E-state index is 0.140. The molecule has 0 atom stereocenters. The number of furan rings is 1. The highest BCUT2D eigenvalue weighted by atomic mass is 16.3. The zero-order valence-electron chi connectivity index (χ0n) is 42.6. The van der Waals surface area contributed by atoms with Gasteiger partial charge in [0.1, 0.15) is 11.2 Å². The SMILES string of the molecule is CC(C)(C)C1=CC=C(c2ccccc2N(c2c#cc3cc4c(cc3c2)oc2cc3cc(N(c5cccc(-c6ccccc6)c5)c5ccccc5C5=CC=C(C(C)(C)C)CC5)c#cc3cc24)c2ccccc2)CC1. The third-order valence-corrected chi connectivity index (χ3v) is 15.0. The predicted octanol–water partition coefficient (Wildman–Crippen LogP) is 20.0. The molecule has 0 fully saturated rings. The fourth-order valence-electron chi connectivity index (χ4n) is 10.9. The highest BCUT2D eigenvalue weighted by Gasteiger charge is 2.25. The lowest BCUT2D eigenvalue weighted by Gasteiger charge is -2.30. The Hall–Kier alpha value is -8.50. The number of nitrogens with zero attached hydrogens (tertiary/aromatic N) is 2. The summed E-state index contributed by atoms with van der Waals surface area (Å²) in [6, 6.07) is 75.3. The van der Waals surface area contributed by atoms with E-state index in [0.29, 0.717) is 0 Å². The maximum absolute atomic E-state index is 6.83. The third kappa shape index (κ3) is 8.77. The van der Waals surface area contributed by atoms with Crippen molar-refractivity contribution in [3.05, 3.63) is 241 Å². The summed E-state index contributed by atoms with van der Waals surface area (Å²) < 4.78 is 6.83. The molecule has 3 nitrogen and oxygen atoms in total. The Bertz CT molecular complexity index is 3870. The number of hydrogen-bond acceptors (Lipinski definition) is 3. The summed E-state index contributed by atoms with van der Waals surface area (Å²) in [6.07, 6.45) is 13.4. The zero-order valence-corrected chi connectivity index (χ0v) is 42.6. The molecule has 0 saturated carbocycles. The van der Waals surface area contributed by atoms with E-state index in [-0.39, 0.29) is 10.8 Å². The van der Waals surface area contributed by atoms with Crippen molar-refractivity contribution < 1.29 is 4.42 Å². The molecule has 354 valence electrons.